The summed E-state index contributed by atoms with van der Waals surface area (Å²) in [5.41, 5.74) is 1.74. The first-order valence-electron chi connectivity index (χ1n) is 9.15. The summed E-state index contributed by atoms with van der Waals surface area (Å²) in [7, 11) is 0. The van der Waals surface area contributed by atoms with Crippen molar-refractivity contribution in [3.05, 3.63) is 54.2 Å². The summed E-state index contributed by atoms with van der Waals surface area (Å²) in [6.07, 6.45) is 3.30. The molecule has 142 valence electrons. The lowest BCUT2D eigenvalue weighted by atomic mass is 10.1. The molecule has 1 aromatic carbocycles. The highest BCUT2D eigenvalue weighted by Gasteiger charge is 2.19. The Morgan fingerprint density at radius 2 is 1.81 bits per heavy atom. The number of ether oxygens (including phenoxy) is 1. The molecule has 0 radical (unpaired) electrons. The highest BCUT2D eigenvalue weighted by molar-refractivity contribution is 6.39. The molecule has 1 aliphatic rings. The first-order valence-corrected chi connectivity index (χ1v) is 9.15. The number of carbonyl (C=O) groups excluding carboxylic acids is 2. The van der Waals surface area contributed by atoms with Gasteiger partial charge in [0.15, 0.2) is 5.82 Å². The van der Waals surface area contributed by atoms with Gasteiger partial charge >= 0.3 is 11.8 Å². The summed E-state index contributed by atoms with van der Waals surface area (Å²) < 4.78 is 5.35. The fourth-order valence-electron chi connectivity index (χ4n) is 2.92. The maximum Gasteiger partial charge on any atom is 0.313 e. The van der Waals surface area contributed by atoms with Crippen LogP contribution in [0.2, 0.25) is 0 Å². The van der Waals surface area contributed by atoms with Crippen LogP contribution >= 0.6 is 0 Å². The van der Waals surface area contributed by atoms with Crippen molar-refractivity contribution in [2.75, 3.05) is 43.1 Å². The number of amides is 2. The van der Waals surface area contributed by atoms with E-state index >= 15 is 0 Å². The van der Waals surface area contributed by atoms with Gasteiger partial charge in [0, 0.05) is 25.8 Å². The van der Waals surface area contributed by atoms with Crippen LogP contribution in [0.5, 0.6) is 0 Å². The lowest BCUT2D eigenvalue weighted by Gasteiger charge is -2.29. The number of nitrogens with zero attached hydrogens (tertiary/aromatic N) is 2. The first-order chi connectivity index (χ1) is 13.2. The van der Waals surface area contributed by atoms with Gasteiger partial charge in [-0.15, -0.1) is 0 Å². The van der Waals surface area contributed by atoms with Gasteiger partial charge < -0.3 is 20.3 Å². The number of morpholine rings is 1. The molecule has 0 unspecified atom stereocenters. The number of aryl methyl sites for hydroxylation is 1. The third-order valence-electron chi connectivity index (χ3n) is 4.32. The summed E-state index contributed by atoms with van der Waals surface area (Å²) in [6.45, 7) is 3.08. The second-order valence-electron chi connectivity index (χ2n) is 6.27. The molecule has 1 aromatic heterocycles. The molecule has 1 aliphatic heterocycles. The predicted molar refractivity (Wildman–Crippen MR) is 104 cm³/mol. The fourth-order valence-corrected chi connectivity index (χ4v) is 2.92. The van der Waals surface area contributed by atoms with E-state index in [1.807, 2.05) is 35.2 Å². The van der Waals surface area contributed by atoms with Crippen molar-refractivity contribution in [2.45, 2.75) is 12.8 Å². The number of aromatic nitrogens is 1. The number of nitrogens with one attached hydrogen (secondary N) is 2. The van der Waals surface area contributed by atoms with Gasteiger partial charge in [0.05, 0.1) is 18.9 Å². The minimum absolute atomic E-state index is 0.449. The number of benzene rings is 1. The van der Waals surface area contributed by atoms with Crippen LogP contribution in [0.3, 0.4) is 0 Å². The molecular formula is C20H24N4O3. The van der Waals surface area contributed by atoms with Gasteiger partial charge in [0.2, 0.25) is 0 Å². The van der Waals surface area contributed by atoms with Crippen molar-refractivity contribution in [3.63, 3.8) is 0 Å². The Kier molecular flexibility index (Phi) is 6.76. The zero-order chi connectivity index (χ0) is 18.9. The average Bonchev–Trinajstić information content (AvgIpc) is 2.73. The molecule has 1 saturated heterocycles. The van der Waals surface area contributed by atoms with Crippen LogP contribution in [0.1, 0.15) is 12.0 Å². The van der Waals surface area contributed by atoms with Gasteiger partial charge in [-0.05, 0) is 30.5 Å². The minimum atomic E-state index is -0.683. The van der Waals surface area contributed by atoms with Crippen LogP contribution in [0.15, 0.2) is 48.7 Å². The van der Waals surface area contributed by atoms with E-state index < -0.39 is 11.8 Å². The van der Waals surface area contributed by atoms with E-state index in [2.05, 4.69) is 15.6 Å². The smallest absolute Gasteiger partial charge is 0.313 e. The number of rotatable bonds is 6. The maximum absolute atomic E-state index is 12.2. The van der Waals surface area contributed by atoms with E-state index in [9.17, 15) is 9.59 Å². The summed E-state index contributed by atoms with van der Waals surface area (Å²) in [5.74, 6) is -0.664. The molecule has 27 heavy (non-hydrogen) atoms. The Morgan fingerprint density at radius 1 is 1.04 bits per heavy atom. The molecule has 0 bridgehead atoms. The average molecular weight is 368 g/mol. The van der Waals surface area contributed by atoms with E-state index in [4.69, 9.17) is 4.74 Å². The molecule has 2 aromatic rings. The van der Waals surface area contributed by atoms with Gasteiger partial charge in [-0.25, -0.2) is 4.98 Å². The molecule has 7 heteroatoms. The van der Waals surface area contributed by atoms with Crippen molar-refractivity contribution >= 4 is 23.3 Å². The number of anilines is 2. The molecule has 0 aliphatic carbocycles. The number of hydrogen-bond donors (Lipinski definition) is 2. The Hall–Kier alpha value is -2.93. The Balaban J connectivity index is 1.49. The second-order valence-corrected chi connectivity index (χ2v) is 6.27. The zero-order valence-corrected chi connectivity index (χ0v) is 15.2. The number of hydrogen-bond acceptors (Lipinski definition) is 5. The molecule has 2 N–H and O–H groups in total. The Morgan fingerprint density at radius 3 is 2.59 bits per heavy atom. The number of carbonyl (C=O) groups is 2. The summed E-state index contributed by atoms with van der Waals surface area (Å²) in [4.78, 5) is 30.7. The van der Waals surface area contributed by atoms with Gasteiger partial charge in [-0.3, -0.25) is 9.59 Å². The number of pyridine rings is 1. The molecule has 3 rings (SSSR count). The molecule has 0 spiro atoms. The third kappa shape index (κ3) is 5.52. The molecule has 1 fully saturated rings. The lowest BCUT2D eigenvalue weighted by molar-refractivity contribution is -0.136. The second kappa shape index (κ2) is 9.68. The van der Waals surface area contributed by atoms with E-state index in [-0.39, 0.29) is 0 Å². The lowest BCUT2D eigenvalue weighted by Crippen LogP contribution is -2.39. The zero-order valence-electron chi connectivity index (χ0n) is 15.2. The first kappa shape index (κ1) is 18.8. The standard InChI is InChI=1S/C20H24N4O3/c25-19(22-11-4-8-16-6-2-1-3-7-16)20(26)23-17-9-5-10-21-18(17)24-12-14-27-15-13-24/h1-3,5-7,9-10H,4,8,11-15H2,(H,22,25)(H,23,26). The van der Waals surface area contributed by atoms with Crippen molar-refractivity contribution in [2.24, 2.45) is 0 Å². The molecule has 2 amide bonds. The van der Waals surface area contributed by atoms with Crippen LogP contribution in [0.4, 0.5) is 11.5 Å². The van der Waals surface area contributed by atoms with Crippen LogP contribution in [0.25, 0.3) is 0 Å². The van der Waals surface area contributed by atoms with Crippen molar-refractivity contribution in [1.82, 2.24) is 10.3 Å². The Labute approximate surface area is 158 Å². The quantitative estimate of drug-likeness (QED) is 0.598. The normalized spacial score (nSPS) is 13.9. The van der Waals surface area contributed by atoms with Crippen molar-refractivity contribution < 1.29 is 14.3 Å². The molecule has 7 nitrogen and oxygen atoms in total. The van der Waals surface area contributed by atoms with Crippen LogP contribution in [-0.2, 0) is 20.7 Å². The molecule has 2 heterocycles. The van der Waals surface area contributed by atoms with Crippen LogP contribution < -0.4 is 15.5 Å². The predicted octanol–water partition coefficient (Wildman–Crippen LogP) is 1.61. The van der Waals surface area contributed by atoms with Crippen molar-refractivity contribution in [3.8, 4) is 0 Å². The fraction of sp³-hybridized carbons (Fsp3) is 0.350. The minimum Gasteiger partial charge on any atom is -0.378 e. The molecule has 0 atom stereocenters. The van der Waals surface area contributed by atoms with E-state index in [0.29, 0.717) is 44.4 Å². The van der Waals surface area contributed by atoms with E-state index in [0.717, 1.165) is 12.8 Å². The third-order valence-corrected chi connectivity index (χ3v) is 4.32. The Bertz CT molecular complexity index is 761. The van der Waals surface area contributed by atoms with Gasteiger partial charge in [0.25, 0.3) is 0 Å². The van der Waals surface area contributed by atoms with Gasteiger partial charge in [-0.2, -0.15) is 0 Å². The van der Waals surface area contributed by atoms with Gasteiger partial charge in [-0.1, -0.05) is 30.3 Å². The summed E-state index contributed by atoms with van der Waals surface area (Å²) in [6, 6.07) is 13.5. The van der Waals surface area contributed by atoms with Crippen LogP contribution in [0, 0.1) is 0 Å². The SMILES string of the molecule is O=C(NCCCc1ccccc1)C(=O)Nc1cccnc1N1CCOCC1. The summed E-state index contributed by atoms with van der Waals surface area (Å²) >= 11 is 0. The van der Waals surface area contributed by atoms with Gasteiger partial charge in [0.1, 0.15) is 0 Å². The summed E-state index contributed by atoms with van der Waals surface area (Å²) in [5, 5.41) is 5.34. The highest BCUT2D eigenvalue weighted by atomic mass is 16.5. The van der Waals surface area contributed by atoms with Crippen molar-refractivity contribution in [1.29, 1.82) is 0 Å². The maximum atomic E-state index is 12.2. The van der Waals surface area contributed by atoms with E-state index in [1.165, 1.54) is 5.56 Å². The largest absolute Gasteiger partial charge is 0.378 e. The highest BCUT2D eigenvalue weighted by Crippen LogP contribution is 2.23. The van der Waals surface area contributed by atoms with E-state index in [1.54, 1.807) is 18.3 Å². The topological polar surface area (TPSA) is 83.6 Å². The van der Waals surface area contributed by atoms with Crippen LogP contribution in [-0.4, -0.2) is 49.6 Å². The monoisotopic (exact) mass is 368 g/mol. The molecule has 0 saturated carbocycles. The molecular weight excluding hydrogens is 344 g/mol.